The first-order chi connectivity index (χ1) is 8.31. The van der Waals surface area contributed by atoms with E-state index in [2.05, 4.69) is 9.97 Å². The number of thioether (sulfide) groups is 1. The number of hydrogen-bond donors (Lipinski definition) is 1. The van der Waals surface area contributed by atoms with Crippen molar-refractivity contribution < 1.29 is 4.74 Å². The van der Waals surface area contributed by atoms with Gasteiger partial charge in [-0.25, -0.2) is 9.97 Å². The minimum atomic E-state index is 0.648. The van der Waals surface area contributed by atoms with Crippen LogP contribution in [0.4, 0.5) is 5.69 Å². The van der Waals surface area contributed by atoms with Gasteiger partial charge in [0.15, 0.2) is 0 Å². The summed E-state index contributed by atoms with van der Waals surface area (Å²) < 4.78 is 5.19. The second-order valence-electron chi connectivity index (χ2n) is 3.36. The molecule has 0 saturated heterocycles. The first-order valence-electron chi connectivity index (χ1n) is 5.12. The third-order valence-electron chi connectivity index (χ3n) is 2.21. The molecule has 0 spiro atoms. The molecule has 0 unspecified atom stereocenters. The molecule has 2 rings (SSSR count). The van der Waals surface area contributed by atoms with E-state index in [0.29, 0.717) is 11.6 Å². The van der Waals surface area contributed by atoms with E-state index in [1.807, 2.05) is 24.3 Å². The first kappa shape index (κ1) is 11.7. The molecule has 0 aliphatic carbocycles. The lowest BCUT2D eigenvalue weighted by molar-refractivity contribution is 0.394. The fourth-order valence-electron chi connectivity index (χ4n) is 1.39. The molecule has 2 aromatic heterocycles. The van der Waals surface area contributed by atoms with Crippen LogP contribution in [-0.4, -0.2) is 17.1 Å². The van der Waals surface area contributed by atoms with Gasteiger partial charge in [0.1, 0.15) is 5.03 Å². The van der Waals surface area contributed by atoms with Gasteiger partial charge >= 0.3 is 0 Å². The number of anilines is 1. The second kappa shape index (κ2) is 5.54. The van der Waals surface area contributed by atoms with Crippen molar-refractivity contribution in [2.75, 3.05) is 12.8 Å². The van der Waals surface area contributed by atoms with Crippen molar-refractivity contribution in [2.24, 2.45) is 0 Å². The summed E-state index contributed by atoms with van der Waals surface area (Å²) in [6.07, 6.45) is 3.45. The number of methoxy groups -OCH3 is 1. The summed E-state index contributed by atoms with van der Waals surface area (Å²) in [6.45, 7) is 0. The monoisotopic (exact) mass is 247 g/mol. The number of aromatic nitrogens is 2. The average Bonchev–Trinajstić information content (AvgIpc) is 2.38. The molecule has 2 heterocycles. The van der Waals surface area contributed by atoms with Gasteiger partial charge < -0.3 is 10.5 Å². The van der Waals surface area contributed by atoms with Gasteiger partial charge in [-0.15, -0.1) is 0 Å². The number of nitrogens with zero attached hydrogens (tertiary/aromatic N) is 2. The minimum absolute atomic E-state index is 0.648. The topological polar surface area (TPSA) is 61.0 Å². The number of nitrogens with two attached hydrogens (primary N) is 1. The average molecular weight is 247 g/mol. The first-order valence-corrected chi connectivity index (χ1v) is 6.11. The van der Waals surface area contributed by atoms with Crippen LogP contribution in [0.15, 0.2) is 41.7 Å². The second-order valence-corrected chi connectivity index (χ2v) is 4.32. The third-order valence-corrected chi connectivity index (χ3v) is 3.28. The lowest BCUT2D eigenvalue weighted by Gasteiger charge is -2.07. The predicted molar refractivity (Wildman–Crippen MR) is 69.0 cm³/mol. The third kappa shape index (κ3) is 2.88. The van der Waals surface area contributed by atoms with E-state index >= 15 is 0 Å². The Labute approximate surface area is 104 Å². The lowest BCUT2D eigenvalue weighted by atomic mass is 10.3. The highest BCUT2D eigenvalue weighted by Gasteiger charge is 2.06. The Kier molecular flexibility index (Phi) is 3.82. The highest BCUT2D eigenvalue weighted by Crippen LogP contribution is 2.28. The summed E-state index contributed by atoms with van der Waals surface area (Å²) in [4.78, 5) is 8.37. The fraction of sp³-hybridized carbons (Fsp3) is 0.167. The molecule has 88 valence electrons. The van der Waals surface area contributed by atoms with Gasteiger partial charge in [-0.2, -0.15) is 0 Å². The largest absolute Gasteiger partial charge is 0.481 e. The van der Waals surface area contributed by atoms with Gasteiger partial charge in [0.2, 0.25) is 5.88 Å². The van der Waals surface area contributed by atoms with Crippen LogP contribution in [0.25, 0.3) is 0 Å². The van der Waals surface area contributed by atoms with Crippen LogP contribution in [0.2, 0.25) is 0 Å². The molecule has 0 fully saturated rings. The molecule has 2 aromatic rings. The highest BCUT2D eigenvalue weighted by molar-refractivity contribution is 7.98. The van der Waals surface area contributed by atoms with E-state index in [1.165, 1.54) is 0 Å². The van der Waals surface area contributed by atoms with Gasteiger partial charge in [0, 0.05) is 23.7 Å². The Balaban J connectivity index is 2.10. The Bertz CT molecular complexity index is 505. The lowest BCUT2D eigenvalue weighted by Crippen LogP contribution is -1.94. The van der Waals surface area contributed by atoms with E-state index in [-0.39, 0.29) is 0 Å². The van der Waals surface area contributed by atoms with Gasteiger partial charge in [-0.1, -0.05) is 17.8 Å². The molecule has 0 saturated carbocycles. The van der Waals surface area contributed by atoms with Crippen molar-refractivity contribution in [2.45, 2.75) is 10.8 Å². The zero-order valence-corrected chi connectivity index (χ0v) is 10.3. The minimum Gasteiger partial charge on any atom is -0.481 e. The van der Waals surface area contributed by atoms with Crippen molar-refractivity contribution >= 4 is 17.4 Å². The van der Waals surface area contributed by atoms with Crippen molar-refractivity contribution in [3.63, 3.8) is 0 Å². The van der Waals surface area contributed by atoms with Crippen LogP contribution < -0.4 is 10.5 Å². The van der Waals surface area contributed by atoms with E-state index in [4.69, 9.17) is 10.5 Å². The molecule has 0 bridgehead atoms. The Morgan fingerprint density at radius 3 is 2.76 bits per heavy atom. The fourth-order valence-corrected chi connectivity index (χ4v) is 2.27. The van der Waals surface area contributed by atoms with Crippen molar-refractivity contribution in [1.82, 2.24) is 9.97 Å². The standard InChI is InChI=1S/C12H13N3OS/c1-16-11-9(4-2-6-14-11)8-17-12-10(13)5-3-7-15-12/h2-7H,8,13H2,1H3. The molecule has 4 nitrogen and oxygen atoms in total. The maximum absolute atomic E-state index is 5.83. The quantitative estimate of drug-likeness (QED) is 0.840. The number of pyridine rings is 2. The van der Waals surface area contributed by atoms with Gasteiger partial charge in [-0.3, -0.25) is 0 Å². The van der Waals surface area contributed by atoms with Crippen LogP contribution in [0, 0.1) is 0 Å². The molecule has 5 heteroatoms. The molecule has 0 aromatic carbocycles. The molecule has 17 heavy (non-hydrogen) atoms. The summed E-state index contributed by atoms with van der Waals surface area (Å²) in [5.41, 5.74) is 7.55. The van der Waals surface area contributed by atoms with Crippen LogP contribution >= 0.6 is 11.8 Å². The number of rotatable bonds is 4. The van der Waals surface area contributed by atoms with E-state index in [0.717, 1.165) is 16.3 Å². The molecule has 2 N–H and O–H groups in total. The zero-order chi connectivity index (χ0) is 12.1. The SMILES string of the molecule is COc1ncccc1CSc1ncccc1N. The number of hydrogen-bond acceptors (Lipinski definition) is 5. The number of ether oxygens (including phenoxy) is 1. The van der Waals surface area contributed by atoms with E-state index < -0.39 is 0 Å². The smallest absolute Gasteiger partial charge is 0.217 e. The van der Waals surface area contributed by atoms with E-state index in [9.17, 15) is 0 Å². The number of nitrogen functional groups attached to an aromatic ring is 1. The Morgan fingerprint density at radius 1 is 1.24 bits per heavy atom. The van der Waals surface area contributed by atoms with Crippen molar-refractivity contribution in [3.05, 3.63) is 42.2 Å². The van der Waals surface area contributed by atoms with E-state index in [1.54, 1.807) is 31.3 Å². The Hall–Kier alpha value is -1.75. The Morgan fingerprint density at radius 2 is 2.00 bits per heavy atom. The molecule has 0 aliphatic heterocycles. The van der Waals surface area contributed by atoms with Crippen molar-refractivity contribution in [1.29, 1.82) is 0 Å². The predicted octanol–water partition coefficient (Wildman–Crippen LogP) is 2.36. The molecule has 0 atom stereocenters. The van der Waals surface area contributed by atoms with Gasteiger partial charge in [-0.05, 0) is 18.2 Å². The highest BCUT2D eigenvalue weighted by atomic mass is 32.2. The molecule has 0 amide bonds. The summed E-state index contributed by atoms with van der Waals surface area (Å²) in [5, 5.41) is 0.832. The van der Waals surface area contributed by atoms with Crippen molar-refractivity contribution in [3.8, 4) is 5.88 Å². The van der Waals surface area contributed by atoms with Gasteiger partial charge in [0.05, 0.1) is 12.8 Å². The summed E-state index contributed by atoms with van der Waals surface area (Å²) >= 11 is 1.57. The van der Waals surface area contributed by atoms with Crippen LogP contribution in [0.3, 0.4) is 0 Å². The maximum atomic E-state index is 5.83. The van der Waals surface area contributed by atoms with Crippen LogP contribution in [0.5, 0.6) is 5.88 Å². The summed E-state index contributed by atoms with van der Waals surface area (Å²) in [5.74, 6) is 1.38. The van der Waals surface area contributed by atoms with Crippen LogP contribution in [-0.2, 0) is 5.75 Å². The molecule has 0 radical (unpaired) electrons. The zero-order valence-electron chi connectivity index (χ0n) is 9.46. The van der Waals surface area contributed by atoms with Gasteiger partial charge in [0.25, 0.3) is 0 Å². The maximum Gasteiger partial charge on any atom is 0.217 e. The molecular weight excluding hydrogens is 234 g/mol. The molecule has 0 aliphatic rings. The normalized spacial score (nSPS) is 10.2. The molecular formula is C12H13N3OS. The summed E-state index contributed by atoms with van der Waals surface area (Å²) in [6, 6.07) is 7.54. The summed E-state index contributed by atoms with van der Waals surface area (Å²) in [7, 11) is 1.62. The van der Waals surface area contributed by atoms with Crippen LogP contribution in [0.1, 0.15) is 5.56 Å².